The minimum absolute atomic E-state index is 0.0871. The molecule has 0 fully saturated rings. The molecule has 0 saturated carbocycles. The van der Waals surface area contributed by atoms with Gasteiger partial charge in [0, 0.05) is 13.2 Å². The summed E-state index contributed by atoms with van der Waals surface area (Å²) in [5.74, 6) is -0.738. The molecule has 0 amide bonds. The van der Waals surface area contributed by atoms with E-state index in [9.17, 15) is 13.2 Å². The molecule has 1 aromatic rings. The number of hydrogen-bond donors (Lipinski definition) is 0. The first-order chi connectivity index (χ1) is 8.45. The van der Waals surface area contributed by atoms with Crippen molar-refractivity contribution in [1.29, 1.82) is 0 Å². The highest BCUT2D eigenvalue weighted by Gasteiger charge is 2.30. The number of hydrogen-bond acceptors (Lipinski definition) is 6. The van der Waals surface area contributed by atoms with Crippen molar-refractivity contribution in [2.24, 2.45) is 4.40 Å². The summed E-state index contributed by atoms with van der Waals surface area (Å²) in [5, 5.41) is 0. The number of methoxy groups -OCH3 is 1. The first-order valence-corrected chi connectivity index (χ1v) is 6.92. The average Bonchev–Trinajstić information content (AvgIpc) is 2.85. The summed E-state index contributed by atoms with van der Waals surface area (Å²) < 4.78 is 36.4. The van der Waals surface area contributed by atoms with E-state index in [1.807, 2.05) is 0 Å². The molecule has 1 aliphatic rings. The van der Waals surface area contributed by atoms with Crippen LogP contribution in [0.4, 0.5) is 0 Å². The maximum atomic E-state index is 11.8. The minimum atomic E-state index is -3.91. The third-order valence-corrected chi connectivity index (χ3v) is 4.34. The predicted octanol–water partition coefficient (Wildman–Crippen LogP) is 0.179. The first-order valence-electron chi connectivity index (χ1n) is 4.75. The van der Waals surface area contributed by atoms with Gasteiger partial charge >= 0.3 is 16.2 Å². The van der Waals surface area contributed by atoms with E-state index in [1.54, 1.807) is 6.07 Å². The van der Waals surface area contributed by atoms with E-state index in [-0.39, 0.29) is 11.4 Å². The molecule has 0 saturated heterocycles. The van der Waals surface area contributed by atoms with Crippen LogP contribution in [0.3, 0.4) is 0 Å². The largest absolute Gasteiger partial charge is 0.464 e. The van der Waals surface area contributed by atoms with Gasteiger partial charge in [-0.2, -0.15) is 8.42 Å². The highest BCUT2D eigenvalue weighted by Crippen LogP contribution is 2.21. The van der Waals surface area contributed by atoms with E-state index in [4.69, 9.17) is 0 Å². The van der Waals surface area contributed by atoms with E-state index in [1.165, 1.54) is 26.4 Å². The molecule has 0 radical (unpaired) electrons. The van der Waals surface area contributed by atoms with Crippen molar-refractivity contribution in [2.75, 3.05) is 14.2 Å². The van der Waals surface area contributed by atoms with E-state index in [0.717, 1.165) is 15.8 Å². The molecule has 9 heteroatoms. The van der Waals surface area contributed by atoms with Crippen LogP contribution < -0.4 is 0 Å². The van der Waals surface area contributed by atoms with Crippen LogP contribution in [0, 0.1) is 0 Å². The highest BCUT2D eigenvalue weighted by atomic mass is 32.2. The van der Waals surface area contributed by atoms with Gasteiger partial charge in [-0.05, 0) is 23.7 Å². The van der Waals surface area contributed by atoms with Gasteiger partial charge in [0.25, 0.3) is 0 Å². The minimum Gasteiger partial charge on any atom is -0.464 e. The Kier molecular flexibility index (Phi) is 3.18. The van der Waals surface area contributed by atoms with Crippen LogP contribution >= 0.6 is 11.5 Å². The Labute approximate surface area is 108 Å². The van der Waals surface area contributed by atoms with Crippen molar-refractivity contribution in [3.8, 4) is 0 Å². The number of esters is 1. The van der Waals surface area contributed by atoms with Crippen molar-refractivity contribution in [3.63, 3.8) is 0 Å². The van der Waals surface area contributed by atoms with E-state index < -0.39 is 16.2 Å². The van der Waals surface area contributed by atoms with Crippen molar-refractivity contribution in [1.82, 2.24) is 8.68 Å². The second-order valence-corrected chi connectivity index (χ2v) is 5.78. The molecule has 1 aromatic heterocycles. The second kappa shape index (κ2) is 4.50. The van der Waals surface area contributed by atoms with Crippen LogP contribution in [-0.4, -0.2) is 42.9 Å². The summed E-state index contributed by atoms with van der Waals surface area (Å²) in [5.41, 5.74) is 0.0897. The lowest BCUT2D eigenvalue weighted by atomic mass is 10.2. The molecule has 18 heavy (non-hydrogen) atoms. The van der Waals surface area contributed by atoms with Gasteiger partial charge < -0.3 is 4.74 Å². The Balaban J connectivity index is 2.55. The van der Waals surface area contributed by atoms with Gasteiger partial charge in [0.15, 0.2) is 0 Å². The fourth-order valence-electron chi connectivity index (χ4n) is 1.31. The van der Waals surface area contributed by atoms with Crippen LogP contribution in [0.25, 0.3) is 0 Å². The molecule has 0 aromatic carbocycles. The van der Waals surface area contributed by atoms with Gasteiger partial charge in [0.05, 0.1) is 17.7 Å². The smallest absolute Gasteiger partial charge is 0.355 e. The van der Waals surface area contributed by atoms with Crippen molar-refractivity contribution < 1.29 is 17.9 Å². The normalized spacial score (nSPS) is 18.0. The number of carbonyl (C=O) groups is 1. The summed E-state index contributed by atoms with van der Waals surface area (Å²) in [4.78, 5) is 12.1. The van der Waals surface area contributed by atoms with Gasteiger partial charge in [-0.15, -0.1) is 4.40 Å². The van der Waals surface area contributed by atoms with Gasteiger partial charge in [-0.3, -0.25) is 0 Å². The number of carbonyl (C=O) groups excluding carboxylic acids is 1. The fraction of sp³-hybridized carbons (Fsp3) is 0.222. The molecule has 2 rings (SSSR count). The van der Waals surface area contributed by atoms with Crippen molar-refractivity contribution in [2.45, 2.75) is 0 Å². The SMILES string of the molecule is COC(=O)C1=CC(c2ccns2)=NS(=O)(=O)N1C. The molecule has 96 valence electrons. The first kappa shape index (κ1) is 12.7. The summed E-state index contributed by atoms with van der Waals surface area (Å²) in [6.07, 6.45) is 2.89. The van der Waals surface area contributed by atoms with Crippen molar-refractivity contribution in [3.05, 3.63) is 28.9 Å². The number of nitrogens with zero attached hydrogens (tertiary/aromatic N) is 3. The molecule has 1 aliphatic heterocycles. The van der Waals surface area contributed by atoms with E-state index in [0.29, 0.717) is 4.88 Å². The summed E-state index contributed by atoms with van der Waals surface area (Å²) >= 11 is 1.09. The monoisotopic (exact) mass is 287 g/mol. The van der Waals surface area contributed by atoms with E-state index >= 15 is 0 Å². The lowest BCUT2D eigenvalue weighted by Gasteiger charge is -2.21. The molecule has 2 heterocycles. The zero-order valence-corrected chi connectivity index (χ0v) is 11.2. The Bertz CT molecular complexity index is 631. The number of likely N-dealkylation sites (N-methyl/N-ethyl adjacent to an activating group) is 1. The molecule has 0 N–H and O–H groups in total. The predicted molar refractivity (Wildman–Crippen MR) is 65.4 cm³/mol. The molecule has 7 nitrogen and oxygen atoms in total. The van der Waals surface area contributed by atoms with Gasteiger partial charge in [0.2, 0.25) is 0 Å². The Hall–Kier alpha value is -1.74. The number of aromatic nitrogens is 1. The number of rotatable bonds is 2. The lowest BCUT2D eigenvalue weighted by Crippen LogP contribution is -2.33. The molecule has 0 atom stereocenters. The molecule has 0 aliphatic carbocycles. The summed E-state index contributed by atoms with van der Waals surface area (Å²) in [7, 11) is -1.49. The average molecular weight is 287 g/mol. The summed E-state index contributed by atoms with van der Waals surface area (Å²) in [6.45, 7) is 0. The fourth-order valence-corrected chi connectivity index (χ4v) is 2.82. The molecule has 0 bridgehead atoms. The van der Waals surface area contributed by atoms with Crippen LogP contribution in [0.1, 0.15) is 4.88 Å². The lowest BCUT2D eigenvalue weighted by molar-refractivity contribution is -0.137. The van der Waals surface area contributed by atoms with Gasteiger partial charge in [-0.25, -0.2) is 13.5 Å². The zero-order valence-electron chi connectivity index (χ0n) is 9.52. The maximum Gasteiger partial charge on any atom is 0.355 e. The van der Waals surface area contributed by atoms with Crippen LogP contribution in [0.5, 0.6) is 0 Å². The van der Waals surface area contributed by atoms with Crippen LogP contribution in [0.15, 0.2) is 28.4 Å². The topological polar surface area (TPSA) is 88.9 Å². The molecular formula is C9H9N3O4S2. The molecular weight excluding hydrogens is 278 g/mol. The Morgan fingerprint density at radius 1 is 1.50 bits per heavy atom. The number of ether oxygens (including phenoxy) is 1. The maximum absolute atomic E-state index is 11.8. The molecule has 0 unspecified atom stereocenters. The third-order valence-electron chi connectivity index (χ3n) is 2.26. The standard InChI is InChI=1S/C9H9N3O4S2/c1-12-7(9(13)16-2)5-6(11-18(12,14)15)8-3-4-10-17-8/h3-5H,1-2H3. The van der Waals surface area contributed by atoms with Gasteiger partial charge in [0.1, 0.15) is 5.70 Å². The highest BCUT2D eigenvalue weighted by molar-refractivity contribution is 7.88. The summed E-state index contributed by atoms with van der Waals surface area (Å²) in [6, 6.07) is 1.62. The van der Waals surface area contributed by atoms with Crippen LogP contribution in [0.2, 0.25) is 0 Å². The number of allylic oxidation sites excluding steroid dienone is 1. The zero-order chi connectivity index (χ0) is 13.3. The Morgan fingerprint density at radius 3 is 2.78 bits per heavy atom. The Morgan fingerprint density at radius 2 is 2.22 bits per heavy atom. The van der Waals surface area contributed by atoms with E-state index in [2.05, 4.69) is 13.5 Å². The quantitative estimate of drug-likeness (QED) is 0.724. The second-order valence-electron chi connectivity index (χ2n) is 3.32. The molecule has 0 spiro atoms. The van der Waals surface area contributed by atoms with Crippen LogP contribution in [-0.2, 0) is 19.7 Å². The van der Waals surface area contributed by atoms with Gasteiger partial charge in [-0.1, -0.05) is 0 Å². The van der Waals surface area contributed by atoms with Crippen molar-refractivity contribution >= 4 is 33.4 Å². The third kappa shape index (κ3) is 2.14.